The molecular weight excluding hydrogens is 294 g/mol. The third-order valence-corrected chi connectivity index (χ3v) is 3.13. The lowest BCUT2D eigenvalue weighted by atomic mass is 10.3. The van der Waals surface area contributed by atoms with Gasteiger partial charge in [-0.3, -0.25) is 9.55 Å². The second-order valence-corrected chi connectivity index (χ2v) is 4.49. The van der Waals surface area contributed by atoms with E-state index >= 15 is 0 Å². The van der Waals surface area contributed by atoms with Gasteiger partial charge < -0.3 is 14.5 Å². The molecule has 0 atom stereocenters. The van der Waals surface area contributed by atoms with Gasteiger partial charge in [0.1, 0.15) is 12.4 Å². The molecule has 6 nitrogen and oxygen atoms in total. The zero-order chi connectivity index (χ0) is 16.7. The lowest BCUT2D eigenvalue weighted by Gasteiger charge is -2.07. The van der Waals surface area contributed by atoms with Crippen molar-refractivity contribution in [1.82, 2.24) is 14.5 Å². The highest BCUT2D eigenvalue weighted by Gasteiger charge is 2.08. The number of benzene rings is 1. The molecule has 2 heterocycles. The highest BCUT2D eigenvalue weighted by molar-refractivity contribution is 5.76. The van der Waals surface area contributed by atoms with Crippen molar-refractivity contribution in [3.05, 3.63) is 53.2 Å². The van der Waals surface area contributed by atoms with Crippen molar-refractivity contribution in [3.8, 4) is 11.4 Å². The van der Waals surface area contributed by atoms with Crippen molar-refractivity contribution in [3.63, 3.8) is 0 Å². The van der Waals surface area contributed by atoms with Crippen molar-refractivity contribution < 1.29 is 9.47 Å². The Hall–Kier alpha value is -2.60. The first-order chi connectivity index (χ1) is 11.3. The van der Waals surface area contributed by atoms with Crippen LogP contribution in [-0.2, 0) is 4.74 Å². The number of aromatic amines is 1. The lowest BCUT2D eigenvalue weighted by molar-refractivity contribution is 0.146. The lowest BCUT2D eigenvalue weighted by Crippen LogP contribution is -2.14. The fourth-order valence-corrected chi connectivity index (χ4v) is 2.15. The second-order valence-electron chi connectivity index (χ2n) is 4.49. The molecule has 1 aromatic carbocycles. The quantitative estimate of drug-likeness (QED) is 0.735. The molecule has 3 rings (SSSR count). The Morgan fingerprint density at radius 1 is 1.13 bits per heavy atom. The van der Waals surface area contributed by atoms with Gasteiger partial charge in [0.05, 0.1) is 29.5 Å². The van der Waals surface area contributed by atoms with Gasteiger partial charge in [0.15, 0.2) is 0 Å². The number of hydrogen-bond donors (Lipinski definition) is 1. The Morgan fingerprint density at radius 2 is 1.87 bits per heavy atom. The number of imidazole rings is 1. The standard InChI is InChI=1S/C15H15N3O3.C2H6/c1-20-8-9-21-12-4-2-11(3-5-12)18-14-6-7-16-10-13(14)17-15(18)19;1-2/h2-7,10H,8-9H2,1H3,(H,17,19);1-2H3. The van der Waals surface area contributed by atoms with Crippen LogP contribution >= 0.6 is 0 Å². The summed E-state index contributed by atoms with van der Waals surface area (Å²) >= 11 is 0. The number of aromatic nitrogens is 3. The molecule has 1 N–H and O–H groups in total. The summed E-state index contributed by atoms with van der Waals surface area (Å²) in [7, 11) is 1.63. The van der Waals surface area contributed by atoms with Crippen molar-refractivity contribution in [2.24, 2.45) is 0 Å². The topological polar surface area (TPSA) is 69.1 Å². The predicted octanol–water partition coefficient (Wildman–Crippen LogP) is 2.77. The molecule has 6 heteroatoms. The smallest absolute Gasteiger partial charge is 0.331 e. The molecule has 0 spiro atoms. The van der Waals surface area contributed by atoms with Crippen LogP contribution in [0.4, 0.5) is 0 Å². The molecule has 0 radical (unpaired) electrons. The van der Waals surface area contributed by atoms with E-state index < -0.39 is 0 Å². The van der Waals surface area contributed by atoms with Gasteiger partial charge in [-0.25, -0.2) is 4.79 Å². The average Bonchev–Trinajstić information content (AvgIpc) is 2.93. The summed E-state index contributed by atoms with van der Waals surface area (Å²) in [4.78, 5) is 18.8. The summed E-state index contributed by atoms with van der Waals surface area (Å²) in [5, 5.41) is 0. The maximum atomic E-state index is 12.1. The first-order valence-corrected chi connectivity index (χ1v) is 7.56. The van der Waals surface area contributed by atoms with Crippen LogP contribution in [-0.4, -0.2) is 34.9 Å². The number of fused-ring (bicyclic) bond motifs is 1. The maximum Gasteiger partial charge on any atom is 0.331 e. The van der Waals surface area contributed by atoms with Crippen LogP contribution in [0.1, 0.15) is 13.8 Å². The Bertz CT molecular complexity index is 791. The van der Waals surface area contributed by atoms with Gasteiger partial charge in [-0.05, 0) is 30.3 Å². The third-order valence-electron chi connectivity index (χ3n) is 3.13. The summed E-state index contributed by atoms with van der Waals surface area (Å²) in [6, 6.07) is 9.15. The number of pyridine rings is 1. The van der Waals surface area contributed by atoms with Gasteiger partial charge in [0.2, 0.25) is 0 Å². The number of ether oxygens (including phenoxy) is 2. The van der Waals surface area contributed by atoms with E-state index in [0.717, 1.165) is 17.0 Å². The van der Waals surface area contributed by atoms with Gasteiger partial charge >= 0.3 is 5.69 Å². The van der Waals surface area contributed by atoms with Crippen molar-refractivity contribution >= 4 is 11.0 Å². The SMILES string of the molecule is CC.COCCOc1ccc(-n2c(=O)[nH]c3cnccc32)cc1. The summed E-state index contributed by atoms with van der Waals surface area (Å²) in [5.41, 5.74) is 2.09. The molecule has 0 aliphatic rings. The van der Waals surface area contributed by atoms with E-state index in [2.05, 4.69) is 9.97 Å². The monoisotopic (exact) mass is 315 g/mol. The molecule has 0 bridgehead atoms. The largest absolute Gasteiger partial charge is 0.491 e. The Kier molecular flexibility index (Phi) is 5.94. The van der Waals surface area contributed by atoms with Crippen LogP contribution in [0.15, 0.2) is 47.5 Å². The van der Waals surface area contributed by atoms with E-state index in [1.807, 2.05) is 38.1 Å². The number of hydrogen-bond acceptors (Lipinski definition) is 4. The molecule has 0 saturated carbocycles. The summed E-state index contributed by atoms with van der Waals surface area (Å²) < 4.78 is 12.0. The summed E-state index contributed by atoms with van der Waals surface area (Å²) in [5.74, 6) is 0.741. The number of nitrogens with one attached hydrogen (secondary N) is 1. The van der Waals surface area contributed by atoms with Gasteiger partial charge in [0, 0.05) is 13.3 Å². The van der Waals surface area contributed by atoms with Crippen LogP contribution in [0, 0.1) is 0 Å². The van der Waals surface area contributed by atoms with E-state index in [4.69, 9.17) is 9.47 Å². The summed E-state index contributed by atoms with van der Waals surface area (Å²) in [6.45, 7) is 5.03. The normalized spacial score (nSPS) is 10.2. The van der Waals surface area contributed by atoms with Crippen LogP contribution in [0.2, 0.25) is 0 Å². The molecule has 0 aliphatic carbocycles. The maximum absolute atomic E-state index is 12.1. The van der Waals surface area contributed by atoms with Crippen LogP contribution in [0.25, 0.3) is 16.7 Å². The number of methoxy groups -OCH3 is 1. The van der Waals surface area contributed by atoms with E-state index in [0.29, 0.717) is 18.7 Å². The average molecular weight is 315 g/mol. The van der Waals surface area contributed by atoms with E-state index in [9.17, 15) is 4.79 Å². The van der Waals surface area contributed by atoms with Crippen LogP contribution in [0.3, 0.4) is 0 Å². The van der Waals surface area contributed by atoms with Crippen LogP contribution < -0.4 is 10.4 Å². The molecule has 23 heavy (non-hydrogen) atoms. The number of H-pyrrole nitrogens is 1. The van der Waals surface area contributed by atoms with Gasteiger partial charge in [-0.2, -0.15) is 0 Å². The predicted molar refractivity (Wildman–Crippen MR) is 90.4 cm³/mol. The first-order valence-electron chi connectivity index (χ1n) is 7.56. The van der Waals surface area contributed by atoms with Gasteiger partial charge in [-0.15, -0.1) is 0 Å². The van der Waals surface area contributed by atoms with E-state index in [1.54, 1.807) is 30.1 Å². The molecule has 0 fully saturated rings. The van der Waals surface area contributed by atoms with E-state index in [1.165, 1.54) is 0 Å². The molecule has 0 amide bonds. The third kappa shape index (κ3) is 3.78. The van der Waals surface area contributed by atoms with Crippen LogP contribution in [0.5, 0.6) is 5.75 Å². The zero-order valence-electron chi connectivity index (χ0n) is 13.6. The summed E-state index contributed by atoms with van der Waals surface area (Å²) in [6.07, 6.45) is 3.30. The highest BCUT2D eigenvalue weighted by atomic mass is 16.5. The van der Waals surface area contributed by atoms with E-state index in [-0.39, 0.29) is 5.69 Å². The Morgan fingerprint density at radius 3 is 2.57 bits per heavy atom. The second kappa shape index (κ2) is 8.14. The zero-order valence-corrected chi connectivity index (χ0v) is 13.6. The molecule has 0 saturated heterocycles. The highest BCUT2D eigenvalue weighted by Crippen LogP contribution is 2.18. The first kappa shape index (κ1) is 16.8. The van der Waals surface area contributed by atoms with Gasteiger partial charge in [0.25, 0.3) is 0 Å². The molecule has 2 aromatic heterocycles. The number of nitrogens with zero attached hydrogens (tertiary/aromatic N) is 2. The van der Waals surface area contributed by atoms with Crippen molar-refractivity contribution in [2.75, 3.05) is 20.3 Å². The fraction of sp³-hybridized carbons (Fsp3) is 0.294. The molecule has 0 unspecified atom stereocenters. The minimum atomic E-state index is -0.189. The fourth-order valence-electron chi connectivity index (χ4n) is 2.15. The Labute approximate surface area is 134 Å². The van der Waals surface area contributed by atoms with Gasteiger partial charge in [-0.1, -0.05) is 13.8 Å². The molecule has 122 valence electrons. The number of rotatable bonds is 5. The minimum absolute atomic E-state index is 0.189. The minimum Gasteiger partial charge on any atom is -0.491 e. The molecular formula is C17H21N3O3. The molecule has 0 aliphatic heterocycles. The Balaban J connectivity index is 0.000000924. The van der Waals surface area contributed by atoms with Crippen molar-refractivity contribution in [2.45, 2.75) is 13.8 Å². The molecule has 3 aromatic rings. The van der Waals surface area contributed by atoms with Crippen molar-refractivity contribution in [1.29, 1.82) is 0 Å².